The molecule has 0 aliphatic carbocycles. The molecule has 0 spiro atoms. The quantitative estimate of drug-likeness (QED) is 0.355. The van der Waals surface area contributed by atoms with Gasteiger partial charge in [-0.1, -0.05) is 6.08 Å². The van der Waals surface area contributed by atoms with Gasteiger partial charge in [-0.25, -0.2) is 4.57 Å². The van der Waals surface area contributed by atoms with Gasteiger partial charge in [0.2, 0.25) is 0 Å². The number of hydrogen-bond donors (Lipinski definition) is 0. The second-order valence-electron chi connectivity index (χ2n) is 1.80. The molecule has 1 aliphatic heterocycles. The van der Waals surface area contributed by atoms with Gasteiger partial charge in [-0.3, -0.25) is 4.52 Å². The van der Waals surface area contributed by atoms with E-state index in [-0.39, 0.29) is 6.10 Å². The minimum atomic E-state index is -3.19. The summed E-state index contributed by atoms with van der Waals surface area (Å²) >= 11 is 0. The van der Waals surface area contributed by atoms with Crippen molar-refractivity contribution in [3.63, 3.8) is 0 Å². The monoisotopic (exact) mass is 161 g/mol. The summed E-state index contributed by atoms with van der Waals surface area (Å²) in [5.74, 6) is 0. The molecule has 0 amide bonds. The lowest BCUT2D eigenvalue weighted by Gasteiger charge is -2.25. The molecule has 1 fully saturated rings. The van der Waals surface area contributed by atoms with Crippen LogP contribution in [0.2, 0.25) is 0 Å². The highest BCUT2D eigenvalue weighted by Crippen LogP contribution is 2.56. The molecule has 0 aromatic carbocycles. The molecule has 10 heavy (non-hydrogen) atoms. The van der Waals surface area contributed by atoms with E-state index in [1.165, 1.54) is 6.08 Å². The topological polar surface area (TPSA) is 44.8 Å². The molecule has 55 valence electrons. The largest absolute Gasteiger partial charge is 0.505 e. The molecule has 1 heterocycles. The molecule has 6 heteroatoms. The van der Waals surface area contributed by atoms with Crippen LogP contribution in [0.15, 0.2) is 12.7 Å². The summed E-state index contributed by atoms with van der Waals surface area (Å²) in [6, 6.07) is 0. The van der Waals surface area contributed by atoms with Crippen molar-refractivity contribution in [3.05, 3.63) is 12.7 Å². The van der Waals surface area contributed by atoms with Gasteiger partial charge in [0.1, 0.15) is 0 Å². The number of rotatable bonds is 3. The molecule has 1 atom stereocenters. The van der Waals surface area contributed by atoms with Crippen LogP contribution in [0.25, 0.3) is 0 Å². The lowest BCUT2D eigenvalue weighted by molar-refractivity contribution is 0.143. The fourth-order valence-corrected chi connectivity index (χ4v) is 1.23. The van der Waals surface area contributed by atoms with E-state index in [9.17, 15) is 4.57 Å². The lowest BCUT2D eigenvalue weighted by Crippen LogP contribution is -2.19. The van der Waals surface area contributed by atoms with Crippen molar-refractivity contribution in [2.45, 2.75) is 13.0 Å². The van der Waals surface area contributed by atoms with E-state index < -0.39 is 7.82 Å². The van der Waals surface area contributed by atoms with E-state index in [1.807, 2.05) is 0 Å². The number of phosphoric acid groups is 1. The summed E-state index contributed by atoms with van der Waals surface area (Å²) in [5, 5.41) is 0. The Morgan fingerprint density at radius 2 is 2.40 bits per heavy atom. The summed E-state index contributed by atoms with van der Waals surface area (Å²) < 4.78 is 24.5. The third kappa shape index (κ3) is 1.70. The predicted octanol–water partition coefficient (Wildman–Crippen LogP) is 1.27. The van der Waals surface area contributed by atoms with E-state index in [0.717, 1.165) is 7.69 Å². The predicted molar refractivity (Wildman–Crippen MR) is 36.3 cm³/mol. The van der Waals surface area contributed by atoms with E-state index in [0.29, 0.717) is 0 Å². The van der Waals surface area contributed by atoms with Crippen LogP contribution in [0.5, 0.6) is 0 Å². The van der Waals surface area contributed by atoms with Crippen molar-refractivity contribution in [3.8, 4) is 0 Å². The minimum absolute atomic E-state index is 0.320. The van der Waals surface area contributed by atoms with Crippen LogP contribution in [0, 0.1) is 0 Å². The first-order valence-electron chi connectivity index (χ1n) is 2.76. The second kappa shape index (κ2) is 2.88. The van der Waals surface area contributed by atoms with Gasteiger partial charge < -0.3 is 8.88 Å². The summed E-state index contributed by atoms with van der Waals surface area (Å²) in [7, 11) is -2.21. The van der Waals surface area contributed by atoms with E-state index >= 15 is 0 Å². The average molecular weight is 161 g/mol. The maximum absolute atomic E-state index is 10.9. The van der Waals surface area contributed by atoms with Gasteiger partial charge in [-0.15, -0.1) is 6.58 Å². The van der Waals surface area contributed by atoms with Gasteiger partial charge in [0.05, 0.1) is 6.10 Å². The summed E-state index contributed by atoms with van der Waals surface area (Å²) in [6.45, 7) is 5.13. The van der Waals surface area contributed by atoms with Crippen molar-refractivity contribution >= 4 is 15.5 Å². The maximum atomic E-state index is 10.9. The zero-order chi connectivity index (χ0) is 7.61. The van der Waals surface area contributed by atoms with Gasteiger partial charge in [0, 0.05) is 0 Å². The molecule has 0 bridgehead atoms. The molecule has 0 aromatic rings. The molecular formula is C4H7BO4P. The molecule has 1 radical (unpaired) electrons. The average Bonchev–Trinajstić information content (AvgIpc) is 1.84. The maximum Gasteiger partial charge on any atom is 0.505 e. The van der Waals surface area contributed by atoms with Crippen molar-refractivity contribution in [2.75, 3.05) is 0 Å². The van der Waals surface area contributed by atoms with Crippen LogP contribution >= 0.6 is 7.82 Å². The Morgan fingerprint density at radius 3 is 2.70 bits per heavy atom. The minimum Gasteiger partial charge on any atom is -0.320 e. The van der Waals surface area contributed by atoms with Gasteiger partial charge in [0.25, 0.3) is 0 Å². The van der Waals surface area contributed by atoms with Crippen molar-refractivity contribution < 1.29 is 18.0 Å². The Bertz CT molecular complexity index is 174. The molecule has 1 unspecified atom stereocenters. The zero-order valence-electron chi connectivity index (χ0n) is 5.52. The summed E-state index contributed by atoms with van der Waals surface area (Å²) in [5.41, 5.74) is 0. The molecule has 1 saturated heterocycles. The van der Waals surface area contributed by atoms with Crippen LogP contribution in [-0.4, -0.2) is 13.8 Å². The smallest absolute Gasteiger partial charge is 0.320 e. The molecule has 0 N–H and O–H groups in total. The van der Waals surface area contributed by atoms with Crippen LogP contribution in [0.3, 0.4) is 0 Å². The van der Waals surface area contributed by atoms with Crippen LogP contribution in [0.4, 0.5) is 0 Å². The van der Waals surface area contributed by atoms with Crippen LogP contribution in [0.1, 0.15) is 6.92 Å². The molecule has 1 aliphatic rings. The zero-order valence-corrected chi connectivity index (χ0v) is 6.41. The fraction of sp³-hybridized carbons (Fsp3) is 0.500. The fourth-order valence-electron chi connectivity index (χ4n) is 0.410. The highest BCUT2D eigenvalue weighted by atomic mass is 31.2. The molecule has 4 nitrogen and oxygen atoms in total. The van der Waals surface area contributed by atoms with Gasteiger partial charge in [-0.2, -0.15) is 0 Å². The Balaban J connectivity index is 2.37. The first-order valence-corrected chi connectivity index (χ1v) is 4.22. The van der Waals surface area contributed by atoms with Crippen molar-refractivity contribution in [1.82, 2.24) is 0 Å². The third-order valence-electron chi connectivity index (χ3n) is 0.972. The van der Waals surface area contributed by atoms with E-state index in [2.05, 4.69) is 15.5 Å². The SMILES string of the molecule is C=CC(C)OP1(=O)O[B]O1. The summed E-state index contributed by atoms with van der Waals surface area (Å²) in [4.78, 5) is 0. The lowest BCUT2D eigenvalue weighted by atomic mass is 10.4. The first-order chi connectivity index (χ1) is 4.66. The van der Waals surface area contributed by atoms with Gasteiger partial charge in [-0.05, 0) is 6.92 Å². The normalized spacial score (nSPS) is 24.1. The second-order valence-corrected chi connectivity index (χ2v) is 3.33. The molecule has 0 saturated carbocycles. The first kappa shape index (κ1) is 8.02. The highest BCUT2D eigenvalue weighted by Gasteiger charge is 2.38. The molecule has 0 aromatic heterocycles. The highest BCUT2D eigenvalue weighted by molar-refractivity contribution is 7.53. The van der Waals surface area contributed by atoms with E-state index in [1.54, 1.807) is 6.92 Å². The van der Waals surface area contributed by atoms with Crippen LogP contribution < -0.4 is 0 Å². The molecular weight excluding hydrogens is 154 g/mol. The van der Waals surface area contributed by atoms with Crippen LogP contribution in [-0.2, 0) is 18.0 Å². The Labute approximate surface area is 60.1 Å². The Hall–Kier alpha value is -0.0851. The van der Waals surface area contributed by atoms with Gasteiger partial charge >= 0.3 is 15.5 Å². The third-order valence-corrected chi connectivity index (χ3v) is 2.25. The summed E-state index contributed by atoms with van der Waals surface area (Å²) in [6.07, 6.45) is 1.18. The van der Waals surface area contributed by atoms with Crippen molar-refractivity contribution in [1.29, 1.82) is 0 Å². The van der Waals surface area contributed by atoms with Crippen molar-refractivity contribution in [2.24, 2.45) is 0 Å². The Morgan fingerprint density at radius 1 is 1.80 bits per heavy atom. The standard InChI is InChI=1S/C4H7BO4P/c1-3-4(2)7-10(6)8-5-9-10/h3-4H,1H2,2H3. The van der Waals surface area contributed by atoms with Gasteiger partial charge in [0.15, 0.2) is 0 Å². The Kier molecular flexibility index (Phi) is 2.31. The molecule has 1 rings (SSSR count). The van der Waals surface area contributed by atoms with E-state index in [4.69, 9.17) is 4.52 Å². The number of hydrogen-bond acceptors (Lipinski definition) is 4.